The van der Waals surface area contributed by atoms with Gasteiger partial charge < -0.3 is 10.2 Å². The molecule has 0 aliphatic rings. The van der Waals surface area contributed by atoms with Gasteiger partial charge in [-0.05, 0) is 32.6 Å². The van der Waals surface area contributed by atoms with E-state index in [9.17, 15) is 9.90 Å². The maximum atomic E-state index is 10.4. The molecule has 0 aliphatic heterocycles. The van der Waals surface area contributed by atoms with Crippen LogP contribution >= 0.6 is 0 Å². The Morgan fingerprint density at radius 2 is 1.43 bits per heavy atom. The summed E-state index contributed by atoms with van der Waals surface area (Å²) in [6.07, 6.45) is 21.4. The van der Waals surface area contributed by atoms with E-state index in [2.05, 4.69) is 18.2 Å². The van der Waals surface area contributed by atoms with Crippen LogP contribution in [0.4, 0.5) is 0 Å². The summed E-state index contributed by atoms with van der Waals surface area (Å²) in [5.74, 6) is -0.680. The van der Waals surface area contributed by atoms with E-state index >= 15 is 0 Å². The van der Waals surface area contributed by atoms with E-state index in [4.69, 9.17) is 5.11 Å². The fourth-order valence-electron chi connectivity index (χ4n) is 2.58. The third-order valence-corrected chi connectivity index (χ3v) is 4.01. The Morgan fingerprint density at radius 3 is 2.00 bits per heavy atom. The van der Waals surface area contributed by atoms with Crippen LogP contribution in [0.3, 0.4) is 0 Å². The largest absolute Gasteiger partial charge is 0.481 e. The highest BCUT2D eigenvalue weighted by atomic mass is 16.4. The minimum absolute atomic E-state index is 0.189. The van der Waals surface area contributed by atoms with Crippen LogP contribution in [-0.2, 0) is 4.79 Å². The Hall–Kier alpha value is -1.09. The van der Waals surface area contributed by atoms with Crippen LogP contribution in [0.15, 0.2) is 24.3 Å². The van der Waals surface area contributed by atoms with Gasteiger partial charge in [0.15, 0.2) is 0 Å². The molecule has 0 fully saturated rings. The monoisotopic (exact) mass is 324 g/mol. The molecule has 0 rings (SSSR count). The fraction of sp³-hybridized carbons (Fsp3) is 0.750. The summed E-state index contributed by atoms with van der Waals surface area (Å²) >= 11 is 0. The number of hydrogen-bond acceptors (Lipinski definition) is 2. The van der Waals surface area contributed by atoms with Gasteiger partial charge in [-0.3, -0.25) is 4.79 Å². The van der Waals surface area contributed by atoms with Crippen LogP contribution in [0.25, 0.3) is 0 Å². The van der Waals surface area contributed by atoms with E-state index in [-0.39, 0.29) is 6.10 Å². The molecule has 0 aromatic carbocycles. The van der Waals surface area contributed by atoms with Gasteiger partial charge in [-0.15, -0.1) is 0 Å². The molecule has 3 nitrogen and oxygen atoms in total. The molecule has 0 saturated carbocycles. The summed E-state index contributed by atoms with van der Waals surface area (Å²) in [6.45, 7) is 2.02. The van der Waals surface area contributed by atoms with Gasteiger partial charge in [0.05, 0.1) is 6.10 Å². The zero-order valence-corrected chi connectivity index (χ0v) is 14.9. The normalized spacial score (nSPS) is 13.1. The smallest absolute Gasteiger partial charge is 0.303 e. The molecule has 134 valence electrons. The predicted octanol–water partition coefficient (Wildman–Crippen LogP) is 5.64. The predicted molar refractivity (Wildman–Crippen MR) is 97.6 cm³/mol. The standard InChI is InChI=1S/C20H36O3/c1-2-3-4-10-13-16-19(21)17-14-11-8-6-5-7-9-12-15-18-20(22)23/h2-3,10,13,19,21H,4-9,11-12,14-18H2,1H3,(H,22,23)/b3-2+,13-10+. The molecular weight excluding hydrogens is 288 g/mol. The van der Waals surface area contributed by atoms with Gasteiger partial charge in [0, 0.05) is 6.42 Å². The van der Waals surface area contributed by atoms with Gasteiger partial charge in [-0.1, -0.05) is 75.7 Å². The van der Waals surface area contributed by atoms with Crippen molar-refractivity contribution in [2.24, 2.45) is 0 Å². The lowest BCUT2D eigenvalue weighted by Crippen LogP contribution is -2.04. The van der Waals surface area contributed by atoms with Crippen LogP contribution in [0.2, 0.25) is 0 Å². The van der Waals surface area contributed by atoms with E-state index in [1.54, 1.807) is 0 Å². The summed E-state index contributed by atoms with van der Waals surface area (Å²) in [5.41, 5.74) is 0. The lowest BCUT2D eigenvalue weighted by atomic mass is 10.0. The van der Waals surface area contributed by atoms with Crippen molar-refractivity contribution in [2.45, 2.75) is 96.5 Å². The number of carbonyl (C=O) groups is 1. The van der Waals surface area contributed by atoms with E-state index in [0.717, 1.165) is 44.9 Å². The molecule has 23 heavy (non-hydrogen) atoms. The molecule has 2 N–H and O–H groups in total. The van der Waals surface area contributed by atoms with Crippen molar-refractivity contribution in [3.05, 3.63) is 24.3 Å². The Labute approximate surface area is 142 Å². The number of rotatable bonds is 16. The molecule has 3 heteroatoms. The Balaban J connectivity index is 3.23. The van der Waals surface area contributed by atoms with Gasteiger partial charge in [-0.2, -0.15) is 0 Å². The van der Waals surface area contributed by atoms with Crippen LogP contribution in [0.1, 0.15) is 90.4 Å². The topological polar surface area (TPSA) is 57.5 Å². The van der Waals surface area contributed by atoms with E-state index in [0.29, 0.717) is 6.42 Å². The molecule has 0 heterocycles. The molecule has 0 aliphatic carbocycles. The summed E-state index contributed by atoms with van der Waals surface area (Å²) in [7, 11) is 0. The molecule has 0 radical (unpaired) electrons. The minimum atomic E-state index is -0.680. The van der Waals surface area contributed by atoms with Crippen LogP contribution in [0, 0.1) is 0 Å². The first-order valence-electron chi connectivity index (χ1n) is 9.32. The third kappa shape index (κ3) is 18.9. The molecule has 1 atom stereocenters. The van der Waals surface area contributed by atoms with Crippen molar-refractivity contribution in [1.82, 2.24) is 0 Å². The number of aliphatic hydroxyl groups excluding tert-OH is 1. The SMILES string of the molecule is C/C=C/C/C=C/CC(O)CCCCCCCCCCCC(=O)O. The summed E-state index contributed by atoms with van der Waals surface area (Å²) < 4.78 is 0. The molecular formula is C20H36O3. The number of unbranched alkanes of at least 4 members (excludes halogenated alkanes) is 8. The van der Waals surface area contributed by atoms with Gasteiger partial charge in [0.2, 0.25) is 0 Å². The van der Waals surface area contributed by atoms with E-state index < -0.39 is 5.97 Å². The van der Waals surface area contributed by atoms with Gasteiger partial charge in [0.1, 0.15) is 0 Å². The van der Waals surface area contributed by atoms with Crippen molar-refractivity contribution < 1.29 is 15.0 Å². The van der Waals surface area contributed by atoms with Crippen molar-refractivity contribution in [1.29, 1.82) is 0 Å². The number of carboxylic acids is 1. The zero-order valence-electron chi connectivity index (χ0n) is 14.9. The first-order chi connectivity index (χ1) is 11.2. The van der Waals surface area contributed by atoms with E-state index in [1.165, 1.54) is 32.1 Å². The molecule has 0 aromatic heterocycles. The van der Waals surface area contributed by atoms with Crippen LogP contribution in [0.5, 0.6) is 0 Å². The Bertz CT molecular complexity index is 321. The average molecular weight is 325 g/mol. The van der Waals surface area contributed by atoms with Crippen molar-refractivity contribution >= 4 is 5.97 Å². The highest BCUT2D eigenvalue weighted by Gasteiger charge is 2.01. The first kappa shape index (κ1) is 21.9. The van der Waals surface area contributed by atoms with Gasteiger partial charge in [-0.25, -0.2) is 0 Å². The Kier molecular flexibility index (Phi) is 16.4. The highest BCUT2D eigenvalue weighted by Crippen LogP contribution is 2.13. The lowest BCUT2D eigenvalue weighted by molar-refractivity contribution is -0.137. The maximum Gasteiger partial charge on any atom is 0.303 e. The van der Waals surface area contributed by atoms with Crippen LogP contribution in [-0.4, -0.2) is 22.3 Å². The number of hydrogen-bond donors (Lipinski definition) is 2. The molecule has 0 saturated heterocycles. The number of carboxylic acid groups (broad SMARTS) is 1. The zero-order chi connectivity index (χ0) is 17.2. The molecule has 0 spiro atoms. The van der Waals surface area contributed by atoms with Crippen molar-refractivity contribution in [3.63, 3.8) is 0 Å². The number of aliphatic carboxylic acids is 1. The molecule has 0 bridgehead atoms. The second kappa shape index (κ2) is 17.3. The van der Waals surface area contributed by atoms with Crippen molar-refractivity contribution in [2.75, 3.05) is 0 Å². The summed E-state index contributed by atoms with van der Waals surface area (Å²) in [5, 5.41) is 18.4. The van der Waals surface area contributed by atoms with E-state index in [1.807, 2.05) is 13.0 Å². The van der Waals surface area contributed by atoms with Gasteiger partial charge in [0.25, 0.3) is 0 Å². The van der Waals surface area contributed by atoms with Crippen LogP contribution < -0.4 is 0 Å². The first-order valence-corrected chi connectivity index (χ1v) is 9.32. The second-order valence-corrected chi connectivity index (χ2v) is 6.28. The lowest BCUT2D eigenvalue weighted by Gasteiger charge is -2.07. The summed E-state index contributed by atoms with van der Waals surface area (Å²) in [4.78, 5) is 10.4. The summed E-state index contributed by atoms with van der Waals surface area (Å²) in [6, 6.07) is 0. The molecule has 1 unspecified atom stereocenters. The minimum Gasteiger partial charge on any atom is -0.481 e. The fourth-order valence-corrected chi connectivity index (χ4v) is 2.58. The number of allylic oxidation sites excluding steroid dienone is 3. The average Bonchev–Trinajstić information content (AvgIpc) is 2.52. The maximum absolute atomic E-state index is 10.4. The quantitative estimate of drug-likeness (QED) is 0.285. The molecule has 0 aromatic rings. The molecule has 0 amide bonds. The Morgan fingerprint density at radius 1 is 0.870 bits per heavy atom. The third-order valence-electron chi connectivity index (χ3n) is 4.01. The second-order valence-electron chi connectivity index (χ2n) is 6.28. The highest BCUT2D eigenvalue weighted by molar-refractivity contribution is 5.66. The van der Waals surface area contributed by atoms with Gasteiger partial charge >= 0.3 is 5.97 Å². The van der Waals surface area contributed by atoms with Crippen molar-refractivity contribution in [3.8, 4) is 0 Å². The number of aliphatic hydroxyl groups is 1.